The monoisotopic (exact) mass is 351 g/mol. The summed E-state index contributed by atoms with van der Waals surface area (Å²) < 4.78 is 13.6. The van der Waals surface area contributed by atoms with Crippen molar-refractivity contribution in [3.63, 3.8) is 0 Å². The standard InChI is InChI=1S/C18H23ClFN3O/c1-3-15-16(19)17(23(2)22-15)18(24)21-12-14-9-7-13(8-10-14)6-4-5-11-20/h7-10H,3-6,11-12H2,1-2H3,(H,21,24). The number of rotatable bonds is 8. The number of nitrogens with zero attached hydrogens (tertiary/aromatic N) is 2. The molecule has 0 fully saturated rings. The van der Waals surface area contributed by atoms with Crippen molar-refractivity contribution in [2.24, 2.45) is 7.05 Å². The molecule has 2 rings (SSSR count). The van der Waals surface area contributed by atoms with Gasteiger partial charge in [0.15, 0.2) is 0 Å². The topological polar surface area (TPSA) is 46.9 Å². The average molecular weight is 352 g/mol. The van der Waals surface area contributed by atoms with Gasteiger partial charge < -0.3 is 5.32 Å². The Morgan fingerprint density at radius 2 is 1.92 bits per heavy atom. The van der Waals surface area contributed by atoms with E-state index in [1.165, 1.54) is 10.2 Å². The molecule has 0 aliphatic heterocycles. The molecule has 0 radical (unpaired) electrons. The Bertz CT molecular complexity index is 682. The number of hydrogen-bond acceptors (Lipinski definition) is 2. The number of aryl methyl sites for hydroxylation is 3. The molecule has 24 heavy (non-hydrogen) atoms. The Labute approximate surface area is 147 Å². The smallest absolute Gasteiger partial charge is 0.271 e. The zero-order valence-electron chi connectivity index (χ0n) is 14.1. The molecule has 4 nitrogen and oxygen atoms in total. The normalized spacial score (nSPS) is 10.8. The summed E-state index contributed by atoms with van der Waals surface area (Å²) >= 11 is 6.22. The van der Waals surface area contributed by atoms with Crippen LogP contribution in [-0.2, 0) is 26.4 Å². The zero-order chi connectivity index (χ0) is 17.5. The SMILES string of the molecule is CCc1nn(C)c(C(=O)NCc2ccc(CCCCF)cc2)c1Cl. The minimum Gasteiger partial charge on any atom is -0.347 e. The lowest BCUT2D eigenvalue weighted by Crippen LogP contribution is -2.25. The van der Waals surface area contributed by atoms with E-state index < -0.39 is 0 Å². The highest BCUT2D eigenvalue weighted by atomic mass is 35.5. The summed E-state index contributed by atoms with van der Waals surface area (Å²) in [4.78, 5) is 12.3. The minimum absolute atomic E-state index is 0.235. The van der Waals surface area contributed by atoms with Crippen LogP contribution in [0.25, 0.3) is 0 Å². The molecule has 130 valence electrons. The number of aromatic nitrogens is 2. The van der Waals surface area contributed by atoms with Gasteiger partial charge in [-0.1, -0.05) is 42.8 Å². The van der Waals surface area contributed by atoms with Crippen molar-refractivity contribution in [1.82, 2.24) is 15.1 Å². The van der Waals surface area contributed by atoms with Gasteiger partial charge in [0, 0.05) is 13.6 Å². The lowest BCUT2D eigenvalue weighted by molar-refractivity contribution is 0.0941. The lowest BCUT2D eigenvalue weighted by Gasteiger charge is -2.07. The number of amides is 1. The van der Waals surface area contributed by atoms with Gasteiger partial charge in [-0.3, -0.25) is 13.9 Å². The Kier molecular flexibility index (Phi) is 6.79. The van der Waals surface area contributed by atoms with E-state index >= 15 is 0 Å². The van der Waals surface area contributed by atoms with E-state index in [-0.39, 0.29) is 12.6 Å². The molecule has 1 amide bonds. The summed E-state index contributed by atoms with van der Waals surface area (Å²) in [6, 6.07) is 8.00. The van der Waals surface area contributed by atoms with E-state index in [0.29, 0.717) is 30.1 Å². The van der Waals surface area contributed by atoms with Crippen LogP contribution in [0, 0.1) is 0 Å². The molecule has 0 saturated carbocycles. The lowest BCUT2D eigenvalue weighted by atomic mass is 10.1. The van der Waals surface area contributed by atoms with Gasteiger partial charge in [0.05, 0.1) is 17.4 Å². The van der Waals surface area contributed by atoms with Crippen molar-refractivity contribution in [3.05, 3.63) is 51.8 Å². The fourth-order valence-electron chi connectivity index (χ4n) is 2.54. The first-order valence-corrected chi connectivity index (χ1v) is 8.58. The maximum absolute atomic E-state index is 12.3. The van der Waals surface area contributed by atoms with Crippen molar-refractivity contribution in [3.8, 4) is 0 Å². The first-order chi connectivity index (χ1) is 11.6. The molecule has 0 bridgehead atoms. The average Bonchev–Trinajstić information content (AvgIpc) is 2.88. The second-order valence-corrected chi connectivity index (χ2v) is 6.11. The molecule has 1 heterocycles. The Balaban J connectivity index is 1.93. The van der Waals surface area contributed by atoms with Crippen molar-refractivity contribution >= 4 is 17.5 Å². The summed E-state index contributed by atoms with van der Waals surface area (Å²) in [6.07, 6.45) is 3.01. The summed E-state index contributed by atoms with van der Waals surface area (Å²) in [7, 11) is 1.71. The van der Waals surface area contributed by atoms with Crippen LogP contribution in [-0.4, -0.2) is 22.4 Å². The fourth-order valence-corrected chi connectivity index (χ4v) is 2.92. The Morgan fingerprint density at radius 3 is 2.50 bits per heavy atom. The zero-order valence-corrected chi connectivity index (χ0v) is 14.9. The Morgan fingerprint density at radius 1 is 1.25 bits per heavy atom. The van der Waals surface area contributed by atoms with E-state index in [9.17, 15) is 9.18 Å². The van der Waals surface area contributed by atoms with Crippen LogP contribution in [0.1, 0.15) is 47.1 Å². The van der Waals surface area contributed by atoms with Crippen LogP contribution in [0.4, 0.5) is 4.39 Å². The first kappa shape index (κ1) is 18.5. The Hall–Kier alpha value is -1.88. The number of nitrogens with one attached hydrogen (secondary N) is 1. The van der Waals surface area contributed by atoms with Gasteiger partial charge >= 0.3 is 0 Å². The number of alkyl halides is 1. The van der Waals surface area contributed by atoms with Gasteiger partial charge in [0.2, 0.25) is 0 Å². The number of carbonyl (C=O) groups excluding carboxylic acids is 1. The molecule has 0 atom stereocenters. The van der Waals surface area contributed by atoms with Crippen LogP contribution >= 0.6 is 11.6 Å². The molecule has 2 aromatic rings. The molecular formula is C18H23ClFN3O. The number of halogens is 2. The van der Waals surface area contributed by atoms with Crippen LogP contribution in [0.3, 0.4) is 0 Å². The van der Waals surface area contributed by atoms with Gasteiger partial charge in [-0.15, -0.1) is 0 Å². The quantitative estimate of drug-likeness (QED) is 0.734. The molecule has 6 heteroatoms. The van der Waals surface area contributed by atoms with Gasteiger partial charge in [0.25, 0.3) is 5.91 Å². The third kappa shape index (κ3) is 4.57. The number of hydrogen-bond donors (Lipinski definition) is 1. The second kappa shape index (κ2) is 8.83. The van der Waals surface area contributed by atoms with Crippen LogP contribution < -0.4 is 5.32 Å². The predicted octanol–water partition coefficient (Wildman–Crippen LogP) is 3.86. The summed E-state index contributed by atoms with van der Waals surface area (Å²) in [5, 5.41) is 7.54. The molecular weight excluding hydrogens is 329 g/mol. The van der Waals surface area contributed by atoms with Gasteiger partial charge in [-0.2, -0.15) is 5.10 Å². The van der Waals surface area contributed by atoms with Gasteiger partial charge in [-0.05, 0) is 36.8 Å². The van der Waals surface area contributed by atoms with Crippen LogP contribution in [0.5, 0.6) is 0 Å². The van der Waals surface area contributed by atoms with Crippen molar-refractivity contribution in [1.29, 1.82) is 0 Å². The van der Waals surface area contributed by atoms with Crippen molar-refractivity contribution in [2.75, 3.05) is 6.67 Å². The van der Waals surface area contributed by atoms with Crippen molar-refractivity contribution in [2.45, 2.75) is 39.2 Å². The minimum atomic E-state index is -0.263. The summed E-state index contributed by atoms with van der Waals surface area (Å²) in [5.41, 5.74) is 3.30. The highest BCUT2D eigenvalue weighted by Gasteiger charge is 2.19. The largest absolute Gasteiger partial charge is 0.347 e. The van der Waals surface area contributed by atoms with E-state index in [1.807, 2.05) is 31.2 Å². The maximum atomic E-state index is 12.3. The summed E-state index contributed by atoms with van der Waals surface area (Å²) in [6.45, 7) is 2.11. The molecule has 0 aliphatic rings. The van der Waals surface area contributed by atoms with E-state index in [4.69, 9.17) is 11.6 Å². The van der Waals surface area contributed by atoms with E-state index in [1.54, 1.807) is 7.05 Å². The molecule has 0 unspecified atom stereocenters. The van der Waals surface area contributed by atoms with Crippen molar-refractivity contribution < 1.29 is 9.18 Å². The molecule has 0 aliphatic carbocycles. The molecule has 0 spiro atoms. The molecule has 1 N–H and O–H groups in total. The summed E-state index contributed by atoms with van der Waals surface area (Å²) in [5.74, 6) is -0.235. The van der Waals surface area contributed by atoms with Crippen LogP contribution in [0.2, 0.25) is 5.02 Å². The third-order valence-corrected chi connectivity index (χ3v) is 4.33. The van der Waals surface area contributed by atoms with Gasteiger partial charge in [0.1, 0.15) is 5.69 Å². The molecule has 1 aromatic heterocycles. The molecule has 0 saturated heterocycles. The first-order valence-electron chi connectivity index (χ1n) is 8.20. The number of benzene rings is 1. The highest BCUT2D eigenvalue weighted by molar-refractivity contribution is 6.34. The highest BCUT2D eigenvalue weighted by Crippen LogP contribution is 2.20. The van der Waals surface area contributed by atoms with Gasteiger partial charge in [-0.25, -0.2) is 0 Å². The maximum Gasteiger partial charge on any atom is 0.271 e. The molecule has 1 aromatic carbocycles. The second-order valence-electron chi connectivity index (χ2n) is 5.73. The van der Waals surface area contributed by atoms with E-state index in [0.717, 1.165) is 24.1 Å². The third-order valence-electron chi connectivity index (χ3n) is 3.93. The number of unbranched alkanes of at least 4 members (excludes halogenated alkanes) is 1. The van der Waals surface area contributed by atoms with Crippen LogP contribution in [0.15, 0.2) is 24.3 Å². The predicted molar refractivity (Wildman–Crippen MR) is 94.1 cm³/mol. The fraction of sp³-hybridized carbons (Fsp3) is 0.444. The number of carbonyl (C=O) groups is 1. The van der Waals surface area contributed by atoms with E-state index in [2.05, 4.69) is 10.4 Å².